The summed E-state index contributed by atoms with van der Waals surface area (Å²) in [5, 5.41) is 19.0. The van der Waals surface area contributed by atoms with Crippen LogP contribution in [0.2, 0.25) is 0 Å². The summed E-state index contributed by atoms with van der Waals surface area (Å²) in [4.78, 5) is 23.4. The number of nitrogens with zero attached hydrogens (tertiary/aromatic N) is 1. The smallest absolute Gasteiger partial charge is 0.196 e. The van der Waals surface area contributed by atoms with Gasteiger partial charge in [0.25, 0.3) is 0 Å². The predicted molar refractivity (Wildman–Crippen MR) is 72.3 cm³/mol. The molecule has 2 aromatic rings. The highest BCUT2D eigenvalue weighted by Crippen LogP contribution is 2.21. The van der Waals surface area contributed by atoms with Crippen molar-refractivity contribution in [3.05, 3.63) is 70.8 Å². The minimum atomic E-state index is -1.36. The number of rotatable bonds is 4. The Morgan fingerprint density at radius 3 is 2.45 bits per heavy atom. The first-order valence-electron chi connectivity index (χ1n) is 5.94. The number of aliphatic hydroxyl groups excluding tert-OH is 1. The summed E-state index contributed by atoms with van der Waals surface area (Å²) in [5.41, 5.74) is 0.619. The van der Waals surface area contributed by atoms with E-state index in [1.54, 1.807) is 30.3 Å². The molecule has 0 saturated carbocycles. The molecule has 0 radical (unpaired) electrons. The van der Waals surface area contributed by atoms with Crippen LogP contribution in [0.1, 0.15) is 37.9 Å². The fourth-order valence-electron chi connectivity index (χ4n) is 1.94. The van der Waals surface area contributed by atoms with Crippen molar-refractivity contribution in [1.29, 1.82) is 5.26 Å². The van der Waals surface area contributed by atoms with Gasteiger partial charge in [-0.2, -0.15) is 5.26 Å². The van der Waals surface area contributed by atoms with Gasteiger partial charge in [-0.15, -0.1) is 0 Å². The molecule has 20 heavy (non-hydrogen) atoms. The third-order valence-corrected chi connectivity index (χ3v) is 2.97. The van der Waals surface area contributed by atoms with E-state index in [9.17, 15) is 14.7 Å². The van der Waals surface area contributed by atoms with Gasteiger partial charge in [-0.1, -0.05) is 42.5 Å². The average molecular weight is 265 g/mol. The molecule has 0 aliphatic heterocycles. The lowest BCUT2D eigenvalue weighted by Gasteiger charge is -2.11. The molecule has 4 nitrogen and oxygen atoms in total. The average Bonchev–Trinajstić information content (AvgIpc) is 2.53. The molecule has 0 fully saturated rings. The number of ketones is 1. The SMILES string of the molecule is N#Cc1cccc(C(=O)C(O)c2ccccc2)c1C=O. The minimum absolute atomic E-state index is 0.00924. The van der Waals surface area contributed by atoms with Crippen molar-refractivity contribution in [2.75, 3.05) is 0 Å². The van der Waals surface area contributed by atoms with Crippen LogP contribution in [-0.4, -0.2) is 17.2 Å². The first-order chi connectivity index (χ1) is 9.69. The van der Waals surface area contributed by atoms with Gasteiger partial charge >= 0.3 is 0 Å². The summed E-state index contributed by atoms with van der Waals surface area (Å²) >= 11 is 0. The van der Waals surface area contributed by atoms with Crippen molar-refractivity contribution in [2.24, 2.45) is 0 Å². The van der Waals surface area contributed by atoms with Gasteiger partial charge in [-0.3, -0.25) is 9.59 Å². The molecule has 0 spiro atoms. The number of hydrogen-bond acceptors (Lipinski definition) is 4. The maximum Gasteiger partial charge on any atom is 0.196 e. The molecule has 0 aromatic heterocycles. The summed E-state index contributed by atoms with van der Waals surface area (Å²) in [6.45, 7) is 0. The lowest BCUT2D eigenvalue weighted by molar-refractivity contribution is 0.0745. The zero-order chi connectivity index (χ0) is 14.5. The summed E-state index contributed by atoms with van der Waals surface area (Å²) in [6.07, 6.45) is -0.896. The number of benzene rings is 2. The lowest BCUT2D eigenvalue weighted by atomic mass is 9.94. The number of aliphatic hydroxyl groups is 1. The van der Waals surface area contributed by atoms with Crippen LogP contribution in [0.3, 0.4) is 0 Å². The number of nitriles is 1. The summed E-state index contributed by atoms with van der Waals surface area (Å²) in [5.74, 6) is -0.601. The van der Waals surface area contributed by atoms with Gasteiger partial charge in [0.2, 0.25) is 0 Å². The van der Waals surface area contributed by atoms with E-state index >= 15 is 0 Å². The van der Waals surface area contributed by atoms with Crippen LogP contribution in [0.25, 0.3) is 0 Å². The molecule has 0 aliphatic carbocycles. The van der Waals surface area contributed by atoms with Crippen LogP contribution < -0.4 is 0 Å². The summed E-state index contributed by atoms with van der Waals surface area (Å²) < 4.78 is 0. The number of carbonyl (C=O) groups excluding carboxylic acids is 2. The van der Waals surface area contributed by atoms with E-state index in [1.165, 1.54) is 18.2 Å². The maximum absolute atomic E-state index is 12.3. The normalized spacial score (nSPS) is 11.4. The number of hydrogen-bond donors (Lipinski definition) is 1. The molecular weight excluding hydrogens is 254 g/mol. The van der Waals surface area contributed by atoms with Gasteiger partial charge < -0.3 is 5.11 Å². The van der Waals surface area contributed by atoms with Gasteiger partial charge in [0.05, 0.1) is 11.6 Å². The van der Waals surface area contributed by atoms with Gasteiger partial charge in [0.15, 0.2) is 12.1 Å². The zero-order valence-corrected chi connectivity index (χ0v) is 10.5. The molecule has 0 bridgehead atoms. The molecule has 0 aliphatic rings. The topological polar surface area (TPSA) is 78.2 Å². The van der Waals surface area contributed by atoms with E-state index < -0.39 is 11.9 Å². The van der Waals surface area contributed by atoms with Crippen molar-refractivity contribution in [1.82, 2.24) is 0 Å². The second-order valence-corrected chi connectivity index (χ2v) is 4.17. The highest BCUT2D eigenvalue weighted by atomic mass is 16.3. The fourth-order valence-corrected chi connectivity index (χ4v) is 1.94. The largest absolute Gasteiger partial charge is 0.380 e. The highest BCUT2D eigenvalue weighted by molar-refractivity contribution is 6.06. The highest BCUT2D eigenvalue weighted by Gasteiger charge is 2.22. The third kappa shape index (κ3) is 2.48. The Labute approximate surface area is 115 Å². The number of carbonyl (C=O) groups is 2. The molecule has 0 heterocycles. The monoisotopic (exact) mass is 265 g/mol. The lowest BCUT2D eigenvalue weighted by Crippen LogP contribution is -2.15. The maximum atomic E-state index is 12.3. The first-order valence-corrected chi connectivity index (χ1v) is 5.94. The summed E-state index contributed by atoms with van der Waals surface area (Å²) in [6, 6.07) is 14.7. The first kappa shape index (κ1) is 13.7. The zero-order valence-electron chi connectivity index (χ0n) is 10.5. The van der Waals surface area contributed by atoms with Gasteiger partial charge in [-0.25, -0.2) is 0 Å². The third-order valence-electron chi connectivity index (χ3n) is 2.97. The van der Waals surface area contributed by atoms with Gasteiger partial charge in [0, 0.05) is 11.1 Å². The number of aldehydes is 1. The standard InChI is InChI=1S/C16H11NO3/c17-9-12-7-4-8-13(14(12)10-18)16(20)15(19)11-5-2-1-3-6-11/h1-8,10,15,19H. The van der Waals surface area contributed by atoms with Crippen molar-refractivity contribution in [2.45, 2.75) is 6.10 Å². The molecule has 0 amide bonds. The molecule has 98 valence electrons. The van der Waals surface area contributed by atoms with E-state index in [1.807, 2.05) is 6.07 Å². The van der Waals surface area contributed by atoms with Crippen molar-refractivity contribution >= 4 is 12.1 Å². The van der Waals surface area contributed by atoms with E-state index in [4.69, 9.17) is 5.26 Å². The molecule has 2 rings (SSSR count). The fraction of sp³-hybridized carbons (Fsp3) is 0.0625. The van der Waals surface area contributed by atoms with Crippen LogP contribution in [0.4, 0.5) is 0 Å². The quantitative estimate of drug-likeness (QED) is 0.679. The molecule has 1 atom stereocenters. The Hall–Kier alpha value is -2.77. The van der Waals surface area contributed by atoms with Crippen molar-refractivity contribution in [3.8, 4) is 6.07 Å². The Morgan fingerprint density at radius 2 is 1.85 bits per heavy atom. The number of Topliss-reactive ketones (excluding diaryl/α,β-unsaturated/α-hetero) is 1. The van der Waals surface area contributed by atoms with Gasteiger partial charge in [0.1, 0.15) is 6.10 Å². The predicted octanol–water partition coefficient (Wildman–Crippen LogP) is 2.29. The molecule has 2 aromatic carbocycles. The van der Waals surface area contributed by atoms with E-state index in [0.29, 0.717) is 11.8 Å². The Kier molecular flexibility index (Phi) is 4.04. The van der Waals surface area contributed by atoms with Crippen LogP contribution >= 0.6 is 0 Å². The molecule has 0 saturated heterocycles. The second-order valence-electron chi connectivity index (χ2n) is 4.17. The van der Waals surface area contributed by atoms with Crippen LogP contribution in [0, 0.1) is 11.3 Å². The molecular formula is C16H11NO3. The van der Waals surface area contributed by atoms with E-state index in [0.717, 1.165) is 0 Å². The summed E-state index contributed by atoms with van der Waals surface area (Å²) in [7, 11) is 0. The van der Waals surface area contributed by atoms with Crippen LogP contribution in [0.5, 0.6) is 0 Å². The van der Waals surface area contributed by atoms with E-state index in [2.05, 4.69) is 0 Å². The molecule has 1 unspecified atom stereocenters. The Morgan fingerprint density at radius 1 is 1.15 bits per heavy atom. The van der Waals surface area contributed by atoms with Crippen LogP contribution in [0.15, 0.2) is 48.5 Å². The van der Waals surface area contributed by atoms with Crippen molar-refractivity contribution in [3.63, 3.8) is 0 Å². The molecule has 4 heteroatoms. The van der Waals surface area contributed by atoms with Gasteiger partial charge in [-0.05, 0) is 11.6 Å². The molecule has 1 N–H and O–H groups in total. The second kappa shape index (κ2) is 5.91. The van der Waals surface area contributed by atoms with Crippen molar-refractivity contribution < 1.29 is 14.7 Å². The van der Waals surface area contributed by atoms with E-state index in [-0.39, 0.29) is 16.7 Å². The Bertz CT molecular complexity index is 687. The minimum Gasteiger partial charge on any atom is -0.380 e. The van der Waals surface area contributed by atoms with Crippen LogP contribution in [-0.2, 0) is 0 Å². The Balaban J connectivity index is 2.45.